The first-order chi connectivity index (χ1) is 13.3. The Morgan fingerprint density at radius 1 is 0.963 bits per heavy atom. The van der Waals surface area contributed by atoms with Gasteiger partial charge in [0.15, 0.2) is 0 Å². The molecule has 142 valence electrons. The first kappa shape index (κ1) is 17.0. The van der Waals surface area contributed by atoms with Crippen LogP contribution in [0, 0.1) is 5.92 Å². The number of fused-ring (bicyclic) bond motifs is 2. The monoisotopic (exact) mass is 364 g/mol. The number of carbonyl (C=O) groups excluding carboxylic acids is 1. The summed E-state index contributed by atoms with van der Waals surface area (Å²) in [7, 11) is 0. The molecule has 4 heterocycles. The van der Waals surface area contributed by atoms with Crippen molar-refractivity contribution in [2.24, 2.45) is 5.92 Å². The predicted octanol–water partition coefficient (Wildman–Crippen LogP) is 2.49. The molecule has 2 aromatic rings. The van der Waals surface area contributed by atoms with E-state index in [1.807, 2.05) is 10.9 Å². The Kier molecular flexibility index (Phi) is 4.48. The van der Waals surface area contributed by atoms with E-state index in [1.165, 1.54) is 16.8 Å². The molecule has 3 aliphatic rings. The van der Waals surface area contributed by atoms with Crippen molar-refractivity contribution in [2.45, 2.75) is 51.2 Å². The van der Waals surface area contributed by atoms with Crippen LogP contribution in [0.5, 0.6) is 0 Å². The van der Waals surface area contributed by atoms with E-state index in [9.17, 15) is 4.79 Å². The third kappa shape index (κ3) is 3.29. The number of hydrogen-bond donors (Lipinski definition) is 0. The van der Waals surface area contributed by atoms with Crippen molar-refractivity contribution in [3.8, 4) is 0 Å². The second kappa shape index (κ2) is 7.12. The molecule has 27 heavy (non-hydrogen) atoms. The Morgan fingerprint density at radius 2 is 1.78 bits per heavy atom. The van der Waals surface area contributed by atoms with Gasteiger partial charge < -0.3 is 4.90 Å². The van der Waals surface area contributed by atoms with Crippen molar-refractivity contribution in [3.05, 3.63) is 53.3 Å². The van der Waals surface area contributed by atoms with Gasteiger partial charge in [0.05, 0.1) is 0 Å². The summed E-state index contributed by atoms with van der Waals surface area (Å²) in [6.07, 6.45) is 7.00. The lowest BCUT2D eigenvalue weighted by Crippen LogP contribution is -2.49. The number of amides is 1. The molecule has 0 N–H and O–H groups in total. The van der Waals surface area contributed by atoms with E-state index in [4.69, 9.17) is 0 Å². The molecule has 1 aromatic carbocycles. The highest BCUT2D eigenvalue weighted by molar-refractivity contribution is 5.79. The van der Waals surface area contributed by atoms with Gasteiger partial charge in [-0.3, -0.25) is 14.4 Å². The largest absolute Gasteiger partial charge is 0.342 e. The number of aryl methyl sites for hydroxylation is 1. The summed E-state index contributed by atoms with van der Waals surface area (Å²) in [6.45, 7) is 4.93. The van der Waals surface area contributed by atoms with Crippen LogP contribution in [-0.4, -0.2) is 51.2 Å². The van der Waals surface area contributed by atoms with Crippen LogP contribution in [0.15, 0.2) is 36.5 Å². The zero-order valence-corrected chi connectivity index (χ0v) is 15.9. The smallest absolute Gasteiger partial charge is 0.226 e. The first-order valence-corrected chi connectivity index (χ1v) is 10.4. The minimum Gasteiger partial charge on any atom is -0.342 e. The van der Waals surface area contributed by atoms with E-state index in [2.05, 4.69) is 45.2 Å². The summed E-state index contributed by atoms with van der Waals surface area (Å²) in [6, 6.07) is 11.5. The highest BCUT2D eigenvalue weighted by Crippen LogP contribution is 2.27. The van der Waals surface area contributed by atoms with Crippen molar-refractivity contribution in [2.75, 3.05) is 19.6 Å². The van der Waals surface area contributed by atoms with Crippen LogP contribution >= 0.6 is 0 Å². The molecule has 5 nitrogen and oxygen atoms in total. The second-order valence-corrected chi connectivity index (χ2v) is 8.28. The van der Waals surface area contributed by atoms with Crippen molar-refractivity contribution < 1.29 is 4.79 Å². The average molecular weight is 364 g/mol. The van der Waals surface area contributed by atoms with E-state index in [1.54, 1.807) is 0 Å². The van der Waals surface area contributed by atoms with E-state index in [0.29, 0.717) is 11.9 Å². The maximum atomic E-state index is 13.0. The lowest BCUT2D eigenvalue weighted by Gasteiger charge is -2.41. The third-order valence-corrected chi connectivity index (χ3v) is 6.75. The fourth-order valence-electron chi connectivity index (χ4n) is 5.12. The van der Waals surface area contributed by atoms with Gasteiger partial charge in [-0.25, -0.2) is 0 Å². The Balaban J connectivity index is 1.17. The van der Waals surface area contributed by atoms with Crippen LogP contribution in [-0.2, 0) is 30.7 Å². The maximum Gasteiger partial charge on any atom is 0.226 e. The second-order valence-electron chi connectivity index (χ2n) is 8.28. The van der Waals surface area contributed by atoms with Gasteiger partial charge in [-0.1, -0.05) is 24.3 Å². The normalized spacial score (nSPS) is 23.7. The standard InChI is InChI=1S/C22H28N4O/c27-22(18-7-14-26-21(15-18)5-10-23-26)24-12-8-20(9-13-24)25-11-6-17-3-1-2-4-19(17)16-25/h1-5,10,18,20H,6-9,11-16H2. The van der Waals surface area contributed by atoms with Gasteiger partial charge in [-0.2, -0.15) is 5.10 Å². The minimum atomic E-state index is 0.146. The van der Waals surface area contributed by atoms with Gasteiger partial charge in [-0.15, -0.1) is 0 Å². The summed E-state index contributed by atoms with van der Waals surface area (Å²) < 4.78 is 2.05. The molecule has 1 amide bonds. The molecule has 0 radical (unpaired) electrons. The molecule has 1 unspecified atom stereocenters. The number of aromatic nitrogens is 2. The summed E-state index contributed by atoms with van der Waals surface area (Å²) in [5.41, 5.74) is 4.21. The van der Waals surface area contributed by atoms with Gasteiger partial charge in [-0.05, 0) is 42.9 Å². The highest BCUT2D eigenvalue weighted by atomic mass is 16.2. The number of likely N-dealkylation sites (tertiary alicyclic amines) is 1. The number of rotatable bonds is 2. The highest BCUT2D eigenvalue weighted by Gasteiger charge is 2.33. The molecule has 3 aliphatic heterocycles. The zero-order valence-electron chi connectivity index (χ0n) is 15.9. The van der Waals surface area contributed by atoms with Gasteiger partial charge in [0.25, 0.3) is 0 Å². The lowest BCUT2D eigenvalue weighted by atomic mass is 9.92. The van der Waals surface area contributed by atoms with Crippen molar-refractivity contribution in [3.63, 3.8) is 0 Å². The van der Waals surface area contributed by atoms with Crippen LogP contribution in [0.3, 0.4) is 0 Å². The van der Waals surface area contributed by atoms with Crippen LogP contribution in [0.2, 0.25) is 0 Å². The van der Waals surface area contributed by atoms with E-state index in [-0.39, 0.29) is 5.92 Å². The molecule has 5 heteroatoms. The number of hydrogen-bond acceptors (Lipinski definition) is 3. The molecule has 1 saturated heterocycles. The quantitative estimate of drug-likeness (QED) is 0.822. The van der Waals surface area contributed by atoms with E-state index >= 15 is 0 Å². The molecule has 0 saturated carbocycles. The summed E-state index contributed by atoms with van der Waals surface area (Å²) in [5, 5.41) is 4.33. The Morgan fingerprint density at radius 3 is 2.63 bits per heavy atom. The topological polar surface area (TPSA) is 41.4 Å². The number of benzene rings is 1. The number of carbonyl (C=O) groups is 1. The SMILES string of the molecule is O=C(C1CCn2nccc2C1)N1CCC(N2CCc3ccccc3C2)CC1. The molecule has 0 bridgehead atoms. The fourth-order valence-corrected chi connectivity index (χ4v) is 5.12. The lowest BCUT2D eigenvalue weighted by molar-refractivity contribution is -0.137. The summed E-state index contributed by atoms with van der Waals surface area (Å²) in [5.74, 6) is 0.512. The Labute approximate surface area is 161 Å². The number of piperidine rings is 1. The van der Waals surface area contributed by atoms with Crippen LogP contribution in [0.1, 0.15) is 36.1 Å². The predicted molar refractivity (Wildman–Crippen MR) is 104 cm³/mol. The Hall–Kier alpha value is -2.14. The van der Waals surface area contributed by atoms with Gasteiger partial charge >= 0.3 is 0 Å². The fraction of sp³-hybridized carbons (Fsp3) is 0.545. The molecule has 0 aliphatic carbocycles. The zero-order chi connectivity index (χ0) is 18.2. The summed E-state index contributed by atoms with van der Waals surface area (Å²) >= 11 is 0. The van der Waals surface area contributed by atoms with Crippen LogP contribution < -0.4 is 0 Å². The van der Waals surface area contributed by atoms with Gasteiger partial charge in [0, 0.05) is 63.0 Å². The molecule has 5 rings (SSSR count). The average Bonchev–Trinajstić information content (AvgIpc) is 3.21. The molecule has 0 spiro atoms. The Bertz CT molecular complexity index is 821. The van der Waals surface area contributed by atoms with E-state index in [0.717, 1.165) is 64.8 Å². The van der Waals surface area contributed by atoms with Crippen molar-refractivity contribution in [1.29, 1.82) is 0 Å². The summed E-state index contributed by atoms with van der Waals surface area (Å²) in [4.78, 5) is 17.8. The molecular formula is C22H28N4O. The molecule has 1 atom stereocenters. The number of nitrogens with zero attached hydrogens (tertiary/aromatic N) is 4. The molecule has 1 fully saturated rings. The van der Waals surface area contributed by atoms with Crippen molar-refractivity contribution >= 4 is 5.91 Å². The van der Waals surface area contributed by atoms with Gasteiger partial charge in [0.2, 0.25) is 5.91 Å². The van der Waals surface area contributed by atoms with E-state index < -0.39 is 0 Å². The third-order valence-electron chi connectivity index (χ3n) is 6.75. The minimum absolute atomic E-state index is 0.146. The van der Waals surface area contributed by atoms with Crippen molar-refractivity contribution in [1.82, 2.24) is 19.6 Å². The van der Waals surface area contributed by atoms with Gasteiger partial charge in [0.1, 0.15) is 0 Å². The molecule has 1 aromatic heterocycles. The maximum absolute atomic E-state index is 13.0. The molecular weight excluding hydrogens is 336 g/mol. The van der Waals surface area contributed by atoms with Crippen LogP contribution in [0.25, 0.3) is 0 Å². The van der Waals surface area contributed by atoms with Crippen LogP contribution in [0.4, 0.5) is 0 Å². The first-order valence-electron chi connectivity index (χ1n) is 10.4.